The first-order valence-electron chi connectivity index (χ1n) is 5.58. The number of aromatic nitrogens is 1. The molecule has 0 aliphatic heterocycles. The highest BCUT2D eigenvalue weighted by Gasteiger charge is 2.01. The molecule has 0 bridgehead atoms. The van der Waals surface area contributed by atoms with Crippen LogP contribution in [0.2, 0.25) is 0 Å². The number of pyridine rings is 1. The van der Waals surface area contributed by atoms with Crippen LogP contribution in [-0.2, 0) is 16.0 Å². The zero-order chi connectivity index (χ0) is 12.5. The lowest BCUT2D eigenvalue weighted by Crippen LogP contribution is -2.33. The molecule has 1 aromatic heterocycles. The number of nitrogens with zero attached hydrogens (tertiary/aromatic N) is 1. The molecule has 92 valence electrons. The monoisotopic (exact) mass is 235 g/mol. The summed E-state index contributed by atoms with van der Waals surface area (Å²) in [6, 6.07) is 3.79. The highest BCUT2D eigenvalue weighted by atomic mass is 16.2. The molecule has 2 N–H and O–H groups in total. The molecule has 0 atom stereocenters. The number of hydrogen-bond acceptors (Lipinski definition) is 3. The summed E-state index contributed by atoms with van der Waals surface area (Å²) in [7, 11) is 0. The second-order valence-electron chi connectivity index (χ2n) is 3.69. The van der Waals surface area contributed by atoms with Crippen molar-refractivity contribution >= 4 is 11.8 Å². The normalized spacial score (nSPS) is 9.71. The molecule has 0 fully saturated rings. The summed E-state index contributed by atoms with van der Waals surface area (Å²) < 4.78 is 0. The molecule has 0 saturated carbocycles. The molecule has 0 radical (unpaired) electrons. The van der Waals surface area contributed by atoms with Gasteiger partial charge in [0.25, 0.3) is 0 Å². The third kappa shape index (κ3) is 6.29. The fourth-order valence-corrected chi connectivity index (χ4v) is 1.34. The molecule has 1 aromatic rings. The van der Waals surface area contributed by atoms with E-state index in [0.717, 1.165) is 5.56 Å². The van der Waals surface area contributed by atoms with E-state index in [4.69, 9.17) is 0 Å². The topological polar surface area (TPSA) is 71.1 Å². The fourth-order valence-electron chi connectivity index (χ4n) is 1.34. The molecular weight excluding hydrogens is 218 g/mol. The van der Waals surface area contributed by atoms with Crippen molar-refractivity contribution in [2.45, 2.75) is 19.8 Å². The molecule has 0 saturated heterocycles. The van der Waals surface area contributed by atoms with Crippen LogP contribution in [0.4, 0.5) is 0 Å². The van der Waals surface area contributed by atoms with Gasteiger partial charge in [-0.05, 0) is 24.1 Å². The van der Waals surface area contributed by atoms with Gasteiger partial charge in [0.15, 0.2) is 0 Å². The van der Waals surface area contributed by atoms with Gasteiger partial charge in [-0.15, -0.1) is 0 Å². The number of carbonyl (C=O) groups is 2. The number of hydrogen-bond donors (Lipinski definition) is 2. The molecule has 17 heavy (non-hydrogen) atoms. The predicted molar refractivity (Wildman–Crippen MR) is 64.3 cm³/mol. The minimum absolute atomic E-state index is 0.00726. The van der Waals surface area contributed by atoms with Gasteiger partial charge < -0.3 is 10.6 Å². The van der Waals surface area contributed by atoms with Gasteiger partial charge in [0.05, 0.1) is 0 Å². The van der Waals surface area contributed by atoms with E-state index in [9.17, 15) is 9.59 Å². The number of amides is 2. The highest BCUT2D eigenvalue weighted by Crippen LogP contribution is 2.00. The van der Waals surface area contributed by atoms with Crippen LogP contribution in [0.5, 0.6) is 0 Å². The van der Waals surface area contributed by atoms with Gasteiger partial charge in [-0.3, -0.25) is 14.6 Å². The van der Waals surface area contributed by atoms with Crippen molar-refractivity contribution in [3.8, 4) is 0 Å². The summed E-state index contributed by atoms with van der Waals surface area (Å²) in [6.07, 6.45) is 4.58. The van der Waals surface area contributed by atoms with Gasteiger partial charge in [-0.1, -0.05) is 0 Å². The molecule has 0 aliphatic carbocycles. The summed E-state index contributed by atoms with van der Waals surface area (Å²) in [5.41, 5.74) is 1.09. The molecular formula is C12H17N3O2. The Bertz CT molecular complexity index is 365. The van der Waals surface area contributed by atoms with Gasteiger partial charge in [-0.2, -0.15) is 0 Å². The zero-order valence-electron chi connectivity index (χ0n) is 9.90. The van der Waals surface area contributed by atoms with E-state index in [0.29, 0.717) is 25.9 Å². The van der Waals surface area contributed by atoms with E-state index >= 15 is 0 Å². The lowest BCUT2D eigenvalue weighted by molar-refractivity contribution is -0.122. The second-order valence-corrected chi connectivity index (χ2v) is 3.69. The number of aryl methyl sites for hydroxylation is 1. The summed E-state index contributed by atoms with van der Waals surface area (Å²) in [5, 5.41) is 5.35. The van der Waals surface area contributed by atoms with E-state index in [1.165, 1.54) is 6.92 Å². The largest absolute Gasteiger partial charge is 0.355 e. The van der Waals surface area contributed by atoms with Crippen molar-refractivity contribution < 1.29 is 9.59 Å². The Kier molecular flexibility index (Phi) is 5.71. The highest BCUT2D eigenvalue weighted by molar-refractivity contribution is 5.76. The van der Waals surface area contributed by atoms with E-state index in [-0.39, 0.29) is 11.8 Å². The van der Waals surface area contributed by atoms with Gasteiger partial charge in [0, 0.05) is 38.8 Å². The summed E-state index contributed by atoms with van der Waals surface area (Å²) in [4.78, 5) is 25.9. The van der Waals surface area contributed by atoms with Gasteiger partial charge in [0.2, 0.25) is 11.8 Å². The van der Waals surface area contributed by atoms with E-state index < -0.39 is 0 Å². The molecule has 0 spiro atoms. The third-order valence-corrected chi connectivity index (χ3v) is 2.21. The first kappa shape index (κ1) is 13.2. The lowest BCUT2D eigenvalue weighted by atomic mass is 10.1. The minimum atomic E-state index is -0.0870. The minimum Gasteiger partial charge on any atom is -0.355 e. The maximum absolute atomic E-state index is 11.4. The van der Waals surface area contributed by atoms with Crippen molar-refractivity contribution in [1.82, 2.24) is 15.6 Å². The zero-order valence-corrected chi connectivity index (χ0v) is 9.90. The molecule has 5 nitrogen and oxygen atoms in total. The van der Waals surface area contributed by atoms with Crippen LogP contribution in [0.3, 0.4) is 0 Å². The first-order chi connectivity index (χ1) is 8.18. The smallest absolute Gasteiger partial charge is 0.220 e. The fraction of sp³-hybridized carbons (Fsp3) is 0.417. The van der Waals surface area contributed by atoms with Crippen LogP contribution in [0.25, 0.3) is 0 Å². The number of carbonyl (C=O) groups excluding carboxylic acids is 2. The average Bonchev–Trinajstić information content (AvgIpc) is 2.33. The van der Waals surface area contributed by atoms with Crippen molar-refractivity contribution in [3.05, 3.63) is 30.1 Å². The Labute approximate surface area is 101 Å². The van der Waals surface area contributed by atoms with Gasteiger partial charge in [-0.25, -0.2) is 0 Å². The lowest BCUT2D eigenvalue weighted by Gasteiger charge is -2.05. The second kappa shape index (κ2) is 7.38. The average molecular weight is 235 g/mol. The van der Waals surface area contributed by atoms with Crippen LogP contribution in [0.15, 0.2) is 24.5 Å². The quantitative estimate of drug-likeness (QED) is 0.695. The van der Waals surface area contributed by atoms with Crippen LogP contribution in [0, 0.1) is 0 Å². The molecule has 5 heteroatoms. The Balaban J connectivity index is 2.11. The molecule has 0 unspecified atom stereocenters. The van der Waals surface area contributed by atoms with Crippen LogP contribution < -0.4 is 10.6 Å². The van der Waals surface area contributed by atoms with Crippen molar-refractivity contribution in [3.63, 3.8) is 0 Å². The maximum Gasteiger partial charge on any atom is 0.220 e. The van der Waals surface area contributed by atoms with E-state index in [2.05, 4.69) is 15.6 Å². The Morgan fingerprint density at radius 1 is 1.18 bits per heavy atom. The van der Waals surface area contributed by atoms with Gasteiger partial charge in [0.1, 0.15) is 0 Å². The molecule has 2 amide bonds. The number of nitrogens with one attached hydrogen (secondary N) is 2. The molecule has 1 heterocycles. The summed E-state index contributed by atoms with van der Waals surface area (Å²) in [6.45, 7) is 2.39. The van der Waals surface area contributed by atoms with Crippen LogP contribution >= 0.6 is 0 Å². The SMILES string of the molecule is CC(=O)NCCNC(=O)CCc1ccncc1. The Morgan fingerprint density at radius 2 is 1.82 bits per heavy atom. The van der Waals surface area contributed by atoms with Crippen LogP contribution in [0.1, 0.15) is 18.9 Å². The number of rotatable bonds is 6. The van der Waals surface area contributed by atoms with Gasteiger partial charge >= 0.3 is 0 Å². The summed E-state index contributed by atoms with van der Waals surface area (Å²) >= 11 is 0. The van der Waals surface area contributed by atoms with Crippen molar-refractivity contribution in [2.75, 3.05) is 13.1 Å². The molecule has 1 rings (SSSR count). The molecule has 0 aromatic carbocycles. The standard InChI is InChI=1S/C12H17N3O2/c1-10(16)14-8-9-15-12(17)3-2-11-4-6-13-7-5-11/h4-7H,2-3,8-9H2,1H3,(H,14,16)(H,15,17). The van der Waals surface area contributed by atoms with Crippen LogP contribution in [-0.4, -0.2) is 29.9 Å². The third-order valence-electron chi connectivity index (χ3n) is 2.21. The van der Waals surface area contributed by atoms with E-state index in [1.54, 1.807) is 12.4 Å². The van der Waals surface area contributed by atoms with Crippen molar-refractivity contribution in [1.29, 1.82) is 0 Å². The predicted octanol–water partition coefficient (Wildman–Crippen LogP) is 0.266. The maximum atomic E-state index is 11.4. The summed E-state index contributed by atoms with van der Waals surface area (Å²) in [5.74, 6) is -0.0943. The Morgan fingerprint density at radius 3 is 2.47 bits per heavy atom. The van der Waals surface area contributed by atoms with Crippen molar-refractivity contribution in [2.24, 2.45) is 0 Å². The van der Waals surface area contributed by atoms with E-state index in [1.807, 2.05) is 12.1 Å². The first-order valence-corrected chi connectivity index (χ1v) is 5.58. The Hall–Kier alpha value is -1.91. The molecule has 0 aliphatic rings.